The van der Waals surface area contributed by atoms with Gasteiger partial charge in [-0.05, 0) is 29.9 Å². The zero-order valence-electron chi connectivity index (χ0n) is 8.49. The highest BCUT2D eigenvalue weighted by Gasteiger charge is 2.13. The summed E-state index contributed by atoms with van der Waals surface area (Å²) in [5, 5.41) is 3.67. The third-order valence-corrected chi connectivity index (χ3v) is 2.72. The molecule has 0 fully saturated rings. The van der Waals surface area contributed by atoms with Gasteiger partial charge in [0.25, 0.3) is 10.1 Å². The van der Waals surface area contributed by atoms with E-state index in [9.17, 15) is 8.42 Å². The average molecular weight is 274 g/mol. The summed E-state index contributed by atoms with van der Waals surface area (Å²) in [7, 11) is -4.31. The number of hydrazone groups is 1. The highest BCUT2D eigenvalue weighted by molar-refractivity contribution is 7.86. The minimum atomic E-state index is -4.31. The predicted molar refractivity (Wildman–Crippen MR) is 68.2 cm³/mol. The van der Waals surface area contributed by atoms with Gasteiger partial charge in [0.15, 0.2) is 5.11 Å². The van der Waals surface area contributed by atoms with E-state index in [2.05, 4.69) is 22.7 Å². The Morgan fingerprint density at radius 2 is 2.18 bits per heavy atom. The number of hydrogen-bond acceptors (Lipinski definition) is 5. The van der Waals surface area contributed by atoms with E-state index in [-0.39, 0.29) is 15.7 Å². The van der Waals surface area contributed by atoms with Crippen molar-refractivity contribution in [3.8, 4) is 0 Å². The molecule has 0 aromatic heterocycles. The van der Waals surface area contributed by atoms with Crippen LogP contribution in [0.3, 0.4) is 0 Å². The standard InChI is InChI=1S/C8H10N4O3S2/c9-6-3-5(4-11-12-8(10)16)1-2-7(6)17(13,14)15/h1-4H,9H2,(H3,10,12,16)(H,13,14,15). The van der Waals surface area contributed by atoms with Crippen LogP contribution in [-0.4, -0.2) is 24.3 Å². The molecule has 0 unspecified atom stereocenters. The van der Waals surface area contributed by atoms with E-state index in [1.165, 1.54) is 24.4 Å². The van der Waals surface area contributed by atoms with Crippen LogP contribution in [0.2, 0.25) is 0 Å². The molecule has 0 spiro atoms. The fourth-order valence-electron chi connectivity index (χ4n) is 1.05. The predicted octanol–water partition coefficient (Wildman–Crippen LogP) is -0.317. The normalized spacial score (nSPS) is 11.6. The van der Waals surface area contributed by atoms with Gasteiger partial charge in [0.1, 0.15) is 4.90 Å². The molecule has 0 heterocycles. The highest BCUT2D eigenvalue weighted by Crippen LogP contribution is 2.18. The van der Waals surface area contributed by atoms with Crippen molar-refractivity contribution in [3.05, 3.63) is 23.8 Å². The maximum Gasteiger partial charge on any atom is 0.296 e. The summed E-state index contributed by atoms with van der Waals surface area (Å²) in [6.45, 7) is 0. The summed E-state index contributed by atoms with van der Waals surface area (Å²) in [5.74, 6) is 0. The summed E-state index contributed by atoms with van der Waals surface area (Å²) in [6.07, 6.45) is 1.35. The topological polar surface area (TPSA) is 131 Å². The van der Waals surface area contributed by atoms with Gasteiger partial charge in [0, 0.05) is 0 Å². The zero-order valence-corrected chi connectivity index (χ0v) is 10.1. The smallest absolute Gasteiger partial charge is 0.296 e. The first-order valence-corrected chi connectivity index (χ1v) is 6.11. The van der Waals surface area contributed by atoms with Crippen molar-refractivity contribution in [2.45, 2.75) is 4.90 Å². The molecule has 17 heavy (non-hydrogen) atoms. The third kappa shape index (κ3) is 3.98. The summed E-state index contributed by atoms with van der Waals surface area (Å²) < 4.78 is 30.6. The number of nitrogens with two attached hydrogens (primary N) is 2. The second-order valence-electron chi connectivity index (χ2n) is 3.01. The minimum absolute atomic E-state index is 0.00350. The number of nitrogens with one attached hydrogen (secondary N) is 1. The second kappa shape index (κ2) is 5.08. The molecule has 9 heteroatoms. The molecule has 1 aromatic carbocycles. The number of benzene rings is 1. The van der Waals surface area contributed by atoms with E-state index < -0.39 is 10.1 Å². The van der Waals surface area contributed by atoms with Crippen LogP contribution in [0, 0.1) is 0 Å². The zero-order chi connectivity index (χ0) is 13.1. The lowest BCUT2D eigenvalue weighted by molar-refractivity contribution is 0.483. The summed E-state index contributed by atoms with van der Waals surface area (Å²) in [5.41, 5.74) is 13.4. The SMILES string of the molecule is NC(=S)NN=Cc1ccc(S(=O)(=O)O)c(N)c1. The molecule has 0 saturated carbocycles. The third-order valence-electron chi connectivity index (χ3n) is 1.70. The fraction of sp³-hybridized carbons (Fsp3) is 0. The van der Waals surface area contributed by atoms with E-state index >= 15 is 0 Å². The van der Waals surface area contributed by atoms with Crippen LogP contribution in [0.4, 0.5) is 5.69 Å². The summed E-state index contributed by atoms with van der Waals surface area (Å²) in [4.78, 5) is -0.350. The molecule has 0 aliphatic heterocycles. The molecule has 92 valence electrons. The molecule has 0 aliphatic rings. The van der Waals surface area contributed by atoms with Gasteiger partial charge >= 0.3 is 0 Å². The lowest BCUT2D eigenvalue weighted by atomic mass is 10.2. The van der Waals surface area contributed by atoms with Gasteiger partial charge in [0.05, 0.1) is 11.9 Å². The number of rotatable bonds is 3. The van der Waals surface area contributed by atoms with Gasteiger partial charge in [-0.15, -0.1) is 0 Å². The average Bonchev–Trinajstić information content (AvgIpc) is 2.14. The Labute approximate surface area is 103 Å². The Balaban J connectivity index is 2.98. The largest absolute Gasteiger partial charge is 0.398 e. The van der Waals surface area contributed by atoms with Crippen LogP contribution < -0.4 is 16.9 Å². The highest BCUT2D eigenvalue weighted by atomic mass is 32.2. The van der Waals surface area contributed by atoms with Crippen LogP contribution in [0.15, 0.2) is 28.2 Å². The number of thiocarbonyl (C=S) groups is 1. The van der Waals surface area contributed by atoms with Gasteiger partial charge in [-0.3, -0.25) is 9.98 Å². The molecule has 0 aliphatic carbocycles. The molecule has 1 rings (SSSR count). The summed E-state index contributed by atoms with van der Waals surface area (Å²) >= 11 is 4.52. The Bertz CT molecular complexity index is 568. The van der Waals surface area contributed by atoms with E-state index in [1.807, 2.05) is 0 Å². The second-order valence-corrected chi connectivity index (χ2v) is 4.84. The first kappa shape index (κ1) is 13.4. The molecule has 0 saturated heterocycles. The number of nitrogen functional groups attached to an aromatic ring is 1. The molecular formula is C8H10N4O3S2. The number of anilines is 1. The maximum atomic E-state index is 10.9. The first-order chi connectivity index (χ1) is 7.80. The van der Waals surface area contributed by atoms with Gasteiger partial charge < -0.3 is 11.5 Å². The number of nitrogens with zero attached hydrogens (tertiary/aromatic N) is 1. The van der Waals surface area contributed by atoms with Crippen molar-refractivity contribution in [2.24, 2.45) is 10.8 Å². The van der Waals surface area contributed by atoms with Gasteiger partial charge in [0.2, 0.25) is 0 Å². The Hall–Kier alpha value is -1.71. The van der Waals surface area contributed by atoms with Crippen LogP contribution in [-0.2, 0) is 10.1 Å². The van der Waals surface area contributed by atoms with Crippen LogP contribution in [0.5, 0.6) is 0 Å². The quantitative estimate of drug-likeness (QED) is 0.195. The van der Waals surface area contributed by atoms with E-state index in [1.54, 1.807) is 0 Å². The Morgan fingerprint density at radius 1 is 1.53 bits per heavy atom. The van der Waals surface area contributed by atoms with Crippen molar-refractivity contribution in [1.29, 1.82) is 0 Å². The molecule has 1 aromatic rings. The van der Waals surface area contributed by atoms with E-state index in [0.29, 0.717) is 5.56 Å². The molecule has 6 N–H and O–H groups in total. The maximum absolute atomic E-state index is 10.9. The van der Waals surface area contributed by atoms with E-state index in [0.717, 1.165) is 0 Å². The van der Waals surface area contributed by atoms with Crippen LogP contribution >= 0.6 is 12.2 Å². The summed E-state index contributed by atoms with van der Waals surface area (Å²) in [6, 6.07) is 3.94. The molecular weight excluding hydrogens is 264 g/mol. The number of hydrogen-bond donors (Lipinski definition) is 4. The Kier molecular flexibility index (Phi) is 3.99. The van der Waals surface area contributed by atoms with Gasteiger partial charge in [-0.25, -0.2) is 0 Å². The van der Waals surface area contributed by atoms with Crippen molar-refractivity contribution in [1.82, 2.24) is 5.43 Å². The van der Waals surface area contributed by atoms with Crippen LogP contribution in [0.25, 0.3) is 0 Å². The van der Waals surface area contributed by atoms with Crippen molar-refractivity contribution in [3.63, 3.8) is 0 Å². The van der Waals surface area contributed by atoms with Gasteiger partial charge in [-0.2, -0.15) is 13.5 Å². The monoisotopic (exact) mass is 274 g/mol. The lowest BCUT2D eigenvalue weighted by Crippen LogP contribution is -2.24. The van der Waals surface area contributed by atoms with Crippen molar-refractivity contribution >= 4 is 39.4 Å². The lowest BCUT2D eigenvalue weighted by Gasteiger charge is -2.02. The minimum Gasteiger partial charge on any atom is -0.398 e. The molecule has 0 amide bonds. The van der Waals surface area contributed by atoms with Crippen molar-refractivity contribution < 1.29 is 13.0 Å². The molecule has 0 bridgehead atoms. The van der Waals surface area contributed by atoms with Crippen LogP contribution in [0.1, 0.15) is 5.56 Å². The molecule has 0 radical (unpaired) electrons. The van der Waals surface area contributed by atoms with Gasteiger partial charge in [-0.1, -0.05) is 6.07 Å². The van der Waals surface area contributed by atoms with E-state index in [4.69, 9.17) is 16.0 Å². The molecule has 0 atom stereocenters. The first-order valence-electron chi connectivity index (χ1n) is 4.26. The fourth-order valence-corrected chi connectivity index (χ4v) is 1.70. The molecule has 7 nitrogen and oxygen atoms in total. The Morgan fingerprint density at radius 3 is 2.65 bits per heavy atom. The van der Waals surface area contributed by atoms with Crippen molar-refractivity contribution in [2.75, 3.05) is 5.73 Å².